The van der Waals surface area contributed by atoms with Crippen molar-refractivity contribution in [1.29, 1.82) is 0 Å². The lowest BCUT2D eigenvalue weighted by Gasteiger charge is -2.17. The normalized spacial score (nSPS) is 32.8. The molecular weight excluding hydrogens is 140 g/mol. The Morgan fingerprint density at radius 3 is 2.91 bits per heavy atom. The van der Waals surface area contributed by atoms with Gasteiger partial charge < -0.3 is 10.4 Å². The van der Waals surface area contributed by atoms with Crippen LogP contribution in [0.2, 0.25) is 0 Å². The van der Waals surface area contributed by atoms with Crippen LogP contribution in [0, 0.1) is 0 Å². The van der Waals surface area contributed by atoms with E-state index in [1.54, 1.807) is 19.2 Å². The van der Waals surface area contributed by atoms with Gasteiger partial charge in [0.25, 0.3) is 0 Å². The van der Waals surface area contributed by atoms with Crippen LogP contribution in [0.5, 0.6) is 0 Å². The van der Waals surface area contributed by atoms with Gasteiger partial charge in [0.05, 0.1) is 5.71 Å². The molecule has 1 atom stereocenters. The third-order valence-electron chi connectivity index (χ3n) is 1.61. The number of aliphatic hydroxyl groups is 1. The molecule has 0 aromatic heterocycles. The third kappa shape index (κ3) is 1.80. The average molecular weight is 154 g/mol. The van der Waals surface area contributed by atoms with Gasteiger partial charge in [-0.05, 0) is 19.4 Å². The molecule has 11 heavy (non-hydrogen) atoms. The Morgan fingerprint density at radius 2 is 2.45 bits per heavy atom. The molecule has 3 heteroatoms. The first-order valence-electron chi connectivity index (χ1n) is 3.88. The summed E-state index contributed by atoms with van der Waals surface area (Å²) >= 11 is 0. The van der Waals surface area contributed by atoms with Crippen LogP contribution in [0.3, 0.4) is 0 Å². The molecule has 0 radical (unpaired) electrons. The van der Waals surface area contributed by atoms with E-state index in [0.717, 1.165) is 18.7 Å². The van der Waals surface area contributed by atoms with Crippen molar-refractivity contribution in [2.24, 2.45) is 4.99 Å². The Morgan fingerprint density at radius 1 is 1.73 bits per heavy atom. The van der Waals surface area contributed by atoms with E-state index in [-0.39, 0.29) is 0 Å². The predicted octanol–water partition coefficient (Wildman–Crippen LogP) is 0.663. The van der Waals surface area contributed by atoms with Crippen molar-refractivity contribution in [3.63, 3.8) is 0 Å². The van der Waals surface area contributed by atoms with Crippen molar-refractivity contribution >= 4 is 5.71 Å². The molecule has 1 rings (SSSR count). The summed E-state index contributed by atoms with van der Waals surface area (Å²) in [6.07, 6.45) is 4.53. The molecule has 0 amide bonds. The standard InChI is InChI=1S/C8H14N2O/c1-3-5-9-7-4-6-10-8(7,2)11/h4,6,10-11H,3,5H2,1-2H3/b9-7-. The van der Waals surface area contributed by atoms with Gasteiger partial charge in [-0.1, -0.05) is 6.92 Å². The van der Waals surface area contributed by atoms with Gasteiger partial charge in [0.2, 0.25) is 0 Å². The van der Waals surface area contributed by atoms with Crippen LogP contribution in [-0.2, 0) is 0 Å². The maximum absolute atomic E-state index is 9.58. The molecule has 1 aliphatic rings. The third-order valence-corrected chi connectivity index (χ3v) is 1.61. The van der Waals surface area contributed by atoms with Crippen molar-refractivity contribution in [2.75, 3.05) is 6.54 Å². The molecule has 1 unspecified atom stereocenters. The summed E-state index contributed by atoms with van der Waals surface area (Å²) < 4.78 is 0. The van der Waals surface area contributed by atoms with E-state index in [9.17, 15) is 5.11 Å². The zero-order valence-corrected chi connectivity index (χ0v) is 6.96. The fourth-order valence-corrected chi connectivity index (χ4v) is 0.958. The minimum Gasteiger partial charge on any atom is -0.366 e. The SMILES string of the molecule is CCC/N=C1/C=CNC1(C)O. The number of nitrogens with one attached hydrogen (secondary N) is 1. The van der Waals surface area contributed by atoms with E-state index in [2.05, 4.69) is 17.2 Å². The van der Waals surface area contributed by atoms with Crippen LogP contribution in [0.1, 0.15) is 20.3 Å². The van der Waals surface area contributed by atoms with E-state index < -0.39 is 5.72 Å². The topological polar surface area (TPSA) is 44.6 Å². The highest BCUT2D eigenvalue weighted by Gasteiger charge is 2.27. The van der Waals surface area contributed by atoms with Gasteiger partial charge in [0.15, 0.2) is 5.72 Å². The summed E-state index contributed by atoms with van der Waals surface area (Å²) in [7, 11) is 0. The molecule has 62 valence electrons. The van der Waals surface area contributed by atoms with Crippen molar-refractivity contribution < 1.29 is 5.11 Å². The minimum absolute atomic E-state index is 0.722. The fraction of sp³-hybridized carbons (Fsp3) is 0.625. The summed E-state index contributed by atoms with van der Waals surface area (Å²) in [5.74, 6) is 0. The molecule has 0 aliphatic carbocycles. The zero-order chi connectivity index (χ0) is 8.32. The molecule has 0 saturated carbocycles. The molecule has 0 aromatic rings. The number of aliphatic imine (C=N–C) groups is 1. The van der Waals surface area contributed by atoms with Gasteiger partial charge in [0, 0.05) is 12.7 Å². The van der Waals surface area contributed by atoms with Crippen molar-refractivity contribution in [3.05, 3.63) is 12.3 Å². The second kappa shape index (κ2) is 3.05. The van der Waals surface area contributed by atoms with Gasteiger partial charge in [-0.3, -0.25) is 4.99 Å². The van der Waals surface area contributed by atoms with Crippen molar-refractivity contribution in [2.45, 2.75) is 26.0 Å². The van der Waals surface area contributed by atoms with E-state index >= 15 is 0 Å². The van der Waals surface area contributed by atoms with Crippen LogP contribution in [-0.4, -0.2) is 23.1 Å². The Balaban J connectivity index is 2.63. The lowest BCUT2D eigenvalue weighted by atomic mass is 10.2. The van der Waals surface area contributed by atoms with Crippen molar-refractivity contribution in [3.8, 4) is 0 Å². The highest BCUT2D eigenvalue weighted by atomic mass is 16.3. The van der Waals surface area contributed by atoms with Gasteiger partial charge in [-0.15, -0.1) is 0 Å². The summed E-state index contributed by atoms with van der Waals surface area (Å²) in [6, 6.07) is 0. The largest absolute Gasteiger partial charge is 0.366 e. The first kappa shape index (κ1) is 8.27. The molecule has 1 heterocycles. The maximum Gasteiger partial charge on any atom is 0.175 e. The smallest absolute Gasteiger partial charge is 0.175 e. The van der Waals surface area contributed by atoms with Crippen LogP contribution >= 0.6 is 0 Å². The van der Waals surface area contributed by atoms with Crippen LogP contribution in [0.4, 0.5) is 0 Å². The highest BCUT2D eigenvalue weighted by molar-refractivity contribution is 6.02. The molecule has 0 aromatic carbocycles. The van der Waals surface area contributed by atoms with E-state index in [1.807, 2.05) is 0 Å². The molecule has 1 aliphatic heterocycles. The summed E-state index contributed by atoms with van der Waals surface area (Å²) in [5, 5.41) is 12.4. The zero-order valence-electron chi connectivity index (χ0n) is 6.96. The van der Waals surface area contributed by atoms with Crippen molar-refractivity contribution in [1.82, 2.24) is 5.32 Å². The Labute approximate surface area is 66.8 Å². The number of hydrogen-bond acceptors (Lipinski definition) is 3. The summed E-state index contributed by atoms with van der Waals surface area (Å²) in [5.41, 5.74) is -0.228. The van der Waals surface area contributed by atoms with Crippen LogP contribution in [0.25, 0.3) is 0 Å². The predicted molar refractivity (Wildman–Crippen MR) is 45.5 cm³/mol. The summed E-state index contributed by atoms with van der Waals surface area (Å²) in [6.45, 7) is 4.53. The Kier molecular flexibility index (Phi) is 2.29. The van der Waals surface area contributed by atoms with E-state index in [4.69, 9.17) is 0 Å². The van der Waals surface area contributed by atoms with Gasteiger partial charge in [-0.25, -0.2) is 0 Å². The highest BCUT2D eigenvalue weighted by Crippen LogP contribution is 2.09. The molecule has 3 nitrogen and oxygen atoms in total. The Hall–Kier alpha value is -0.830. The Bertz CT molecular complexity index is 194. The summed E-state index contributed by atoms with van der Waals surface area (Å²) in [4.78, 5) is 4.21. The van der Waals surface area contributed by atoms with Gasteiger partial charge in [-0.2, -0.15) is 0 Å². The number of rotatable bonds is 2. The first-order chi connectivity index (χ1) is 5.17. The van der Waals surface area contributed by atoms with E-state index in [1.165, 1.54) is 0 Å². The number of nitrogens with zero attached hydrogens (tertiary/aromatic N) is 1. The first-order valence-corrected chi connectivity index (χ1v) is 3.88. The lowest BCUT2D eigenvalue weighted by Crippen LogP contribution is -2.41. The minimum atomic E-state index is -0.949. The monoisotopic (exact) mass is 154 g/mol. The van der Waals surface area contributed by atoms with Gasteiger partial charge >= 0.3 is 0 Å². The number of hydrogen-bond donors (Lipinski definition) is 2. The molecule has 0 bridgehead atoms. The maximum atomic E-state index is 9.58. The van der Waals surface area contributed by atoms with Crippen LogP contribution < -0.4 is 5.32 Å². The molecular formula is C8H14N2O. The molecule has 0 spiro atoms. The second-order valence-corrected chi connectivity index (χ2v) is 2.82. The average Bonchev–Trinajstić information content (AvgIpc) is 2.25. The second-order valence-electron chi connectivity index (χ2n) is 2.82. The van der Waals surface area contributed by atoms with Gasteiger partial charge in [0.1, 0.15) is 0 Å². The molecule has 0 fully saturated rings. The fourth-order valence-electron chi connectivity index (χ4n) is 0.958. The molecule has 0 saturated heterocycles. The van der Waals surface area contributed by atoms with Crippen LogP contribution in [0.15, 0.2) is 17.3 Å². The van der Waals surface area contributed by atoms with E-state index in [0.29, 0.717) is 0 Å². The molecule has 2 N–H and O–H groups in total. The quantitative estimate of drug-likeness (QED) is 0.613. The lowest BCUT2D eigenvalue weighted by molar-refractivity contribution is 0.116.